The molecule has 7 nitrogen and oxygen atoms in total. The van der Waals surface area contributed by atoms with Crippen LogP contribution in [-0.2, 0) is 11.3 Å². The Morgan fingerprint density at radius 1 is 1.24 bits per heavy atom. The smallest absolute Gasteiger partial charge is 0.191 e. The third-order valence-electron chi connectivity index (χ3n) is 4.04. The largest absolute Gasteiger partial charge is 0.493 e. The van der Waals surface area contributed by atoms with Crippen molar-refractivity contribution in [3.05, 3.63) is 23.8 Å². The van der Waals surface area contributed by atoms with Gasteiger partial charge < -0.3 is 24.8 Å². The summed E-state index contributed by atoms with van der Waals surface area (Å²) in [4.78, 5) is 6.66. The number of methoxy groups -OCH3 is 1. The van der Waals surface area contributed by atoms with Gasteiger partial charge in [-0.2, -0.15) is 0 Å². The maximum atomic E-state index is 5.55. The molecule has 0 radical (unpaired) electrons. The Labute approximate surface area is 150 Å². The second kappa shape index (κ2) is 10.8. The first-order valence-corrected chi connectivity index (χ1v) is 8.81. The predicted molar refractivity (Wildman–Crippen MR) is 99.6 cm³/mol. The number of hydrogen-bond acceptors (Lipinski definition) is 5. The number of rotatable bonds is 8. The van der Waals surface area contributed by atoms with E-state index in [0.29, 0.717) is 13.2 Å². The maximum Gasteiger partial charge on any atom is 0.191 e. The van der Waals surface area contributed by atoms with Crippen molar-refractivity contribution < 1.29 is 14.2 Å². The summed E-state index contributed by atoms with van der Waals surface area (Å²) in [6.45, 7) is 8.74. The molecule has 25 heavy (non-hydrogen) atoms. The number of hydrogen-bond donors (Lipinski definition) is 2. The van der Waals surface area contributed by atoms with E-state index in [1.807, 2.05) is 25.1 Å². The van der Waals surface area contributed by atoms with Crippen LogP contribution in [0, 0.1) is 0 Å². The molecule has 0 unspecified atom stereocenters. The van der Waals surface area contributed by atoms with Crippen LogP contribution in [0.25, 0.3) is 0 Å². The highest BCUT2D eigenvalue weighted by molar-refractivity contribution is 5.79. The van der Waals surface area contributed by atoms with Gasteiger partial charge in [-0.3, -0.25) is 9.89 Å². The molecule has 0 aliphatic carbocycles. The lowest BCUT2D eigenvalue weighted by Gasteiger charge is -2.26. The van der Waals surface area contributed by atoms with Gasteiger partial charge in [0.05, 0.1) is 26.9 Å². The molecule has 1 aliphatic rings. The molecule has 1 fully saturated rings. The SMILES string of the molecule is CCOc1ccc(CNC(=NC)NCCN2CCOCC2)cc1OC. The van der Waals surface area contributed by atoms with Crippen LogP contribution in [0.1, 0.15) is 12.5 Å². The van der Waals surface area contributed by atoms with Gasteiger partial charge in [-0.25, -0.2) is 0 Å². The zero-order valence-corrected chi connectivity index (χ0v) is 15.5. The van der Waals surface area contributed by atoms with E-state index in [1.54, 1.807) is 14.2 Å². The molecule has 140 valence electrons. The average Bonchev–Trinajstić information content (AvgIpc) is 2.66. The third-order valence-corrected chi connectivity index (χ3v) is 4.04. The van der Waals surface area contributed by atoms with Crippen molar-refractivity contribution in [3.63, 3.8) is 0 Å². The van der Waals surface area contributed by atoms with Crippen molar-refractivity contribution >= 4 is 5.96 Å². The molecular weight excluding hydrogens is 320 g/mol. The number of ether oxygens (including phenoxy) is 3. The summed E-state index contributed by atoms with van der Waals surface area (Å²) < 4.78 is 16.3. The van der Waals surface area contributed by atoms with Gasteiger partial charge in [0, 0.05) is 39.8 Å². The fourth-order valence-corrected chi connectivity index (χ4v) is 2.66. The lowest BCUT2D eigenvalue weighted by atomic mass is 10.2. The summed E-state index contributed by atoms with van der Waals surface area (Å²) in [6.07, 6.45) is 0. The van der Waals surface area contributed by atoms with E-state index in [0.717, 1.165) is 62.4 Å². The molecule has 1 saturated heterocycles. The Hall–Kier alpha value is -1.99. The van der Waals surface area contributed by atoms with E-state index in [-0.39, 0.29) is 0 Å². The van der Waals surface area contributed by atoms with Gasteiger partial charge in [-0.15, -0.1) is 0 Å². The molecule has 0 aromatic heterocycles. The summed E-state index contributed by atoms with van der Waals surface area (Å²) in [5.74, 6) is 2.30. The lowest BCUT2D eigenvalue weighted by Crippen LogP contribution is -2.44. The monoisotopic (exact) mass is 350 g/mol. The minimum Gasteiger partial charge on any atom is -0.493 e. The molecule has 0 bridgehead atoms. The van der Waals surface area contributed by atoms with Gasteiger partial charge in [0.1, 0.15) is 0 Å². The normalized spacial score (nSPS) is 15.7. The summed E-state index contributed by atoms with van der Waals surface area (Å²) in [5, 5.41) is 6.67. The minimum absolute atomic E-state index is 0.619. The van der Waals surface area contributed by atoms with Gasteiger partial charge in [-0.05, 0) is 24.6 Å². The Morgan fingerprint density at radius 2 is 2.04 bits per heavy atom. The Balaban J connectivity index is 1.77. The van der Waals surface area contributed by atoms with E-state index in [9.17, 15) is 0 Å². The van der Waals surface area contributed by atoms with E-state index in [1.165, 1.54) is 0 Å². The van der Waals surface area contributed by atoms with Crippen molar-refractivity contribution in [2.45, 2.75) is 13.5 Å². The zero-order chi connectivity index (χ0) is 17.9. The minimum atomic E-state index is 0.619. The van der Waals surface area contributed by atoms with Crippen molar-refractivity contribution in [3.8, 4) is 11.5 Å². The van der Waals surface area contributed by atoms with Gasteiger partial charge in [-0.1, -0.05) is 6.07 Å². The molecule has 1 heterocycles. The molecule has 0 amide bonds. The first-order chi connectivity index (χ1) is 12.3. The summed E-state index contributed by atoms with van der Waals surface area (Å²) in [6, 6.07) is 5.95. The van der Waals surface area contributed by atoms with E-state index in [4.69, 9.17) is 14.2 Å². The van der Waals surface area contributed by atoms with Crippen LogP contribution in [0.4, 0.5) is 0 Å². The van der Waals surface area contributed by atoms with Crippen molar-refractivity contribution in [1.82, 2.24) is 15.5 Å². The number of nitrogens with zero attached hydrogens (tertiary/aromatic N) is 2. The molecule has 1 aliphatic heterocycles. The first kappa shape index (κ1) is 19.3. The van der Waals surface area contributed by atoms with E-state index < -0.39 is 0 Å². The van der Waals surface area contributed by atoms with E-state index >= 15 is 0 Å². The van der Waals surface area contributed by atoms with Crippen LogP contribution in [0.3, 0.4) is 0 Å². The highest BCUT2D eigenvalue weighted by Crippen LogP contribution is 2.27. The highest BCUT2D eigenvalue weighted by Gasteiger charge is 2.10. The van der Waals surface area contributed by atoms with Crippen LogP contribution in [0.5, 0.6) is 11.5 Å². The zero-order valence-electron chi connectivity index (χ0n) is 15.5. The fraction of sp³-hybridized carbons (Fsp3) is 0.611. The Bertz CT molecular complexity index is 545. The molecule has 1 aromatic rings. The number of morpholine rings is 1. The van der Waals surface area contributed by atoms with Gasteiger partial charge in [0.25, 0.3) is 0 Å². The second-order valence-electron chi connectivity index (χ2n) is 5.72. The number of aliphatic imine (C=N–C) groups is 1. The second-order valence-corrected chi connectivity index (χ2v) is 5.72. The van der Waals surface area contributed by atoms with Crippen LogP contribution in [0.2, 0.25) is 0 Å². The quantitative estimate of drug-likeness (QED) is 0.540. The summed E-state index contributed by atoms with van der Waals surface area (Å²) in [5.41, 5.74) is 1.11. The molecule has 2 rings (SSSR count). The molecule has 1 aromatic carbocycles. The molecular formula is C18H30N4O3. The highest BCUT2D eigenvalue weighted by atomic mass is 16.5. The van der Waals surface area contributed by atoms with Crippen LogP contribution in [0.15, 0.2) is 23.2 Å². The topological polar surface area (TPSA) is 67.4 Å². The van der Waals surface area contributed by atoms with Crippen LogP contribution in [-0.4, -0.2) is 71.0 Å². The average molecular weight is 350 g/mol. The van der Waals surface area contributed by atoms with Gasteiger partial charge in [0.15, 0.2) is 17.5 Å². The lowest BCUT2D eigenvalue weighted by molar-refractivity contribution is 0.0389. The standard InChI is InChI=1S/C18H30N4O3/c1-4-25-16-6-5-15(13-17(16)23-3)14-21-18(19-2)20-7-8-22-9-11-24-12-10-22/h5-6,13H,4,7-12,14H2,1-3H3,(H2,19,20,21). The molecule has 0 atom stereocenters. The molecule has 7 heteroatoms. The van der Waals surface area contributed by atoms with Crippen LogP contribution < -0.4 is 20.1 Å². The maximum absolute atomic E-state index is 5.55. The molecule has 2 N–H and O–H groups in total. The Morgan fingerprint density at radius 3 is 2.72 bits per heavy atom. The van der Waals surface area contributed by atoms with Crippen LogP contribution >= 0.6 is 0 Å². The number of benzene rings is 1. The number of guanidine groups is 1. The van der Waals surface area contributed by atoms with Gasteiger partial charge >= 0.3 is 0 Å². The fourth-order valence-electron chi connectivity index (χ4n) is 2.66. The third kappa shape index (κ3) is 6.43. The van der Waals surface area contributed by atoms with Gasteiger partial charge in [0.2, 0.25) is 0 Å². The van der Waals surface area contributed by atoms with Crippen molar-refractivity contribution in [2.24, 2.45) is 4.99 Å². The van der Waals surface area contributed by atoms with E-state index in [2.05, 4.69) is 20.5 Å². The first-order valence-electron chi connectivity index (χ1n) is 8.81. The predicted octanol–water partition coefficient (Wildman–Crippen LogP) is 1.09. The molecule has 0 saturated carbocycles. The van der Waals surface area contributed by atoms with Crippen molar-refractivity contribution in [2.75, 3.05) is 60.2 Å². The van der Waals surface area contributed by atoms with Crippen molar-refractivity contribution in [1.29, 1.82) is 0 Å². The summed E-state index contributed by atoms with van der Waals surface area (Å²) in [7, 11) is 3.43. The molecule has 0 spiro atoms. The summed E-state index contributed by atoms with van der Waals surface area (Å²) >= 11 is 0. The Kier molecular flexibility index (Phi) is 8.34. The number of nitrogens with one attached hydrogen (secondary N) is 2.